The van der Waals surface area contributed by atoms with Crippen molar-refractivity contribution in [2.24, 2.45) is 0 Å². The first kappa shape index (κ1) is 38.7. The van der Waals surface area contributed by atoms with Gasteiger partial charge in [-0.05, 0) is 106 Å². The number of carbonyl (C=O) groups is 2. The van der Waals surface area contributed by atoms with Gasteiger partial charge in [0.25, 0.3) is 8.32 Å². The smallest absolute Gasteiger partial charge is 0.408 e. The molecule has 47 heavy (non-hydrogen) atoms. The molecule has 2 aromatic rings. The minimum Gasteiger partial charge on any atom is -0.543 e. The van der Waals surface area contributed by atoms with Gasteiger partial charge in [0.15, 0.2) is 0 Å². The summed E-state index contributed by atoms with van der Waals surface area (Å²) in [4.78, 5) is 26.1. The maximum absolute atomic E-state index is 13.3. The fourth-order valence-electron chi connectivity index (χ4n) is 4.89. The van der Waals surface area contributed by atoms with E-state index < -0.39 is 40.3 Å². The van der Waals surface area contributed by atoms with E-state index in [0.717, 1.165) is 60.3 Å². The Hall–Kier alpha value is -2.79. The lowest BCUT2D eigenvalue weighted by Crippen LogP contribution is -2.46. The van der Waals surface area contributed by atoms with E-state index in [1.807, 2.05) is 18.2 Å². The minimum atomic E-state index is -2.17. The second-order valence-electron chi connectivity index (χ2n) is 17.2. The summed E-state index contributed by atoms with van der Waals surface area (Å²) in [5, 5.41) is 2.87. The van der Waals surface area contributed by atoms with Crippen LogP contribution in [0.25, 0.3) is 11.1 Å². The molecule has 0 unspecified atom stereocenters. The Balaban J connectivity index is 1.92. The van der Waals surface area contributed by atoms with E-state index in [0.29, 0.717) is 0 Å². The Labute approximate surface area is 286 Å². The number of ether oxygens (including phenoxy) is 2. The first-order chi connectivity index (χ1) is 21.5. The molecule has 7 nitrogen and oxygen atoms in total. The molecule has 0 spiro atoms. The van der Waals surface area contributed by atoms with E-state index in [2.05, 4.69) is 97.3 Å². The molecule has 9 heteroatoms. The predicted octanol–water partition coefficient (Wildman–Crippen LogP) is 10.4. The number of carbonyl (C=O) groups excluding carboxylic acids is 2. The molecular formula is C38H61NO6Si2. The number of esters is 1. The Kier molecular flexibility index (Phi) is 12.1. The van der Waals surface area contributed by atoms with Gasteiger partial charge in [-0.25, -0.2) is 9.59 Å². The molecular weight excluding hydrogens is 623 g/mol. The molecule has 1 atom stereocenters. The van der Waals surface area contributed by atoms with Crippen molar-refractivity contribution in [1.82, 2.24) is 5.32 Å². The van der Waals surface area contributed by atoms with Crippen molar-refractivity contribution >= 4 is 28.7 Å². The van der Waals surface area contributed by atoms with Crippen LogP contribution in [0.2, 0.25) is 36.3 Å². The molecule has 0 aromatic heterocycles. The van der Waals surface area contributed by atoms with E-state index in [1.165, 1.54) is 0 Å². The van der Waals surface area contributed by atoms with E-state index in [-0.39, 0.29) is 22.6 Å². The highest BCUT2D eigenvalue weighted by Gasteiger charge is 2.41. The Bertz CT molecular complexity index is 1360. The molecule has 1 aliphatic carbocycles. The maximum Gasteiger partial charge on any atom is 0.408 e. The van der Waals surface area contributed by atoms with Gasteiger partial charge in [0.05, 0.1) is 0 Å². The van der Waals surface area contributed by atoms with Crippen molar-refractivity contribution in [3.05, 3.63) is 48.0 Å². The third-order valence-electron chi connectivity index (χ3n) is 9.82. The fourth-order valence-corrected chi connectivity index (χ4v) is 6.94. The standard InChI is InChI=1S/C38H61NO6Si2/c1-36(2,3)43-35(41)39-32(34(40)42-29-17-15-14-16-18-29)25-27-19-21-28(22-20-27)31-24-23-30(44-46(10,11)37(4,5)6)26-33(31)45-47(12,13)38(7,8)9/h19-24,26,29,32H,14-18,25H2,1-13H3,(H,39,41)/t32-/m1/s1. The van der Waals surface area contributed by atoms with Crippen molar-refractivity contribution in [2.45, 2.75) is 155 Å². The van der Waals surface area contributed by atoms with Gasteiger partial charge >= 0.3 is 12.1 Å². The predicted molar refractivity (Wildman–Crippen MR) is 197 cm³/mol. The molecule has 1 aliphatic rings. The molecule has 3 rings (SSSR count). The maximum atomic E-state index is 13.3. The van der Waals surface area contributed by atoms with Crippen LogP contribution in [0, 0.1) is 0 Å². The summed E-state index contributed by atoms with van der Waals surface area (Å²) in [6.45, 7) is 27.9. The van der Waals surface area contributed by atoms with Crippen LogP contribution in [0.4, 0.5) is 4.79 Å². The summed E-state index contributed by atoms with van der Waals surface area (Å²) in [7, 11) is -4.23. The molecule has 2 aromatic carbocycles. The average Bonchev–Trinajstić information content (AvgIpc) is 2.91. The Morgan fingerprint density at radius 3 is 1.87 bits per heavy atom. The van der Waals surface area contributed by atoms with Gasteiger partial charge in [0, 0.05) is 18.1 Å². The van der Waals surface area contributed by atoms with Crippen molar-refractivity contribution in [3.8, 4) is 22.6 Å². The lowest BCUT2D eigenvalue weighted by atomic mass is 9.97. The van der Waals surface area contributed by atoms with E-state index >= 15 is 0 Å². The Morgan fingerprint density at radius 1 is 0.787 bits per heavy atom. The number of alkyl carbamates (subject to hydrolysis) is 1. The summed E-state index contributed by atoms with van der Waals surface area (Å²) < 4.78 is 25.0. The molecule has 0 aliphatic heterocycles. The van der Waals surface area contributed by atoms with Crippen molar-refractivity contribution in [1.29, 1.82) is 0 Å². The largest absolute Gasteiger partial charge is 0.543 e. The van der Waals surface area contributed by atoms with Gasteiger partial charge < -0.3 is 23.6 Å². The summed E-state index contributed by atoms with van der Waals surface area (Å²) >= 11 is 0. The van der Waals surface area contributed by atoms with E-state index in [1.54, 1.807) is 20.8 Å². The van der Waals surface area contributed by atoms with Gasteiger partial charge in [0.2, 0.25) is 8.32 Å². The van der Waals surface area contributed by atoms with Crippen LogP contribution in [-0.4, -0.2) is 46.4 Å². The molecule has 0 heterocycles. The van der Waals surface area contributed by atoms with Crippen LogP contribution in [0.1, 0.15) is 100.0 Å². The summed E-state index contributed by atoms with van der Waals surface area (Å²) in [6.07, 6.45) is 4.53. The van der Waals surface area contributed by atoms with Gasteiger partial charge in [0.1, 0.15) is 29.2 Å². The number of benzene rings is 2. The number of amides is 1. The first-order valence-electron chi connectivity index (χ1n) is 17.3. The van der Waals surface area contributed by atoms with Gasteiger partial charge in [-0.2, -0.15) is 0 Å². The highest BCUT2D eigenvalue weighted by atomic mass is 28.4. The summed E-state index contributed by atoms with van der Waals surface area (Å²) in [5.74, 6) is 1.23. The van der Waals surface area contributed by atoms with Gasteiger partial charge in [-0.3, -0.25) is 0 Å². The van der Waals surface area contributed by atoms with Crippen LogP contribution < -0.4 is 14.2 Å². The van der Waals surface area contributed by atoms with E-state index in [9.17, 15) is 9.59 Å². The zero-order valence-corrected chi connectivity index (χ0v) is 33.4. The minimum absolute atomic E-state index is 0.0206. The average molecular weight is 684 g/mol. The lowest BCUT2D eigenvalue weighted by Gasteiger charge is -2.38. The van der Waals surface area contributed by atoms with Crippen molar-refractivity contribution < 1.29 is 27.9 Å². The number of hydrogen-bond acceptors (Lipinski definition) is 6. The fraction of sp³-hybridized carbons (Fsp3) is 0.632. The van der Waals surface area contributed by atoms with Crippen molar-refractivity contribution in [2.75, 3.05) is 0 Å². The number of rotatable bonds is 10. The molecule has 1 N–H and O–H groups in total. The van der Waals surface area contributed by atoms with Crippen molar-refractivity contribution in [3.63, 3.8) is 0 Å². The van der Waals surface area contributed by atoms with Crippen LogP contribution in [0.15, 0.2) is 42.5 Å². The molecule has 0 bridgehead atoms. The molecule has 0 radical (unpaired) electrons. The Morgan fingerprint density at radius 2 is 1.34 bits per heavy atom. The second-order valence-corrected chi connectivity index (χ2v) is 26.6. The van der Waals surface area contributed by atoms with Gasteiger partial charge in [-0.1, -0.05) is 72.2 Å². The summed E-state index contributed by atoms with van der Waals surface area (Å²) in [5.41, 5.74) is 2.21. The molecule has 1 fully saturated rings. The number of nitrogens with one attached hydrogen (secondary N) is 1. The van der Waals surface area contributed by atoms with Crippen LogP contribution >= 0.6 is 0 Å². The summed E-state index contributed by atoms with van der Waals surface area (Å²) in [6, 6.07) is 13.4. The molecule has 1 amide bonds. The normalized spacial score (nSPS) is 15.9. The first-order valence-corrected chi connectivity index (χ1v) is 23.1. The molecule has 1 saturated carbocycles. The highest BCUT2D eigenvalue weighted by molar-refractivity contribution is 6.75. The monoisotopic (exact) mass is 683 g/mol. The topological polar surface area (TPSA) is 83.1 Å². The SMILES string of the molecule is CC(C)(C)OC(=O)N[C@H](Cc1ccc(-c2ccc(O[Si](C)(C)C(C)(C)C)cc2O[Si](C)(C)C(C)(C)C)cc1)C(=O)OC1CCCCC1. The molecule has 0 saturated heterocycles. The zero-order chi connectivity index (χ0) is 35.4. The quantitative estimate of drug-likeness (QED) is 0.198. The third kappa shape index (κ3) is 11.1. The molecule has 262 valence electrons. The van der Waals surface area contributed by atoms with Crippen LogP contribution in [0.3, 0.4) is 0 Å². The number of hydrogen-bond donors (Lipinski definition) is 1. The third-order valence-corrected chi connectivity index (χ3v) is 18.5. The second kappa shape index (κ2) is 14.8. The van der Waals surface area contributed by atoms with E-state index in [4.69, 9.17) is 18.3 Å². The van der Waals surface area contributed by atoms with Gasteiger partial charge in [-0.15, -0.1) is 0 Å². The van der Waals surface area contributed by atoms with Crippen LogP contribution in [-0.2, 0) is 20.7 Å². The zero-order valence-electron chi connectivity index (χ0n) is 31.4. The highest BCUT2D eigenvalue weighted by Crippen LogP contribution is 2.43. The lowest BCUT2D eigenvalue weighted by molar-refractivity contribution is -0.153. The van der Waals surface area contributed by atoms with Crippen LogP contribution in [0.5, 0.6) is 11.5 Å².